The molecule has 0 aliphatic rings. The molecule has 2 aromatic rings. The Labute approximate surface area is 82.2 Å². The number of halogens is 3. The van der Waals surface area contributed by atoms with Crippen LogP contribution in [0, 0.1) is 17.5 Å². The van der Waals surface area contributed by atoms with Crippen LogP contribution in [0.1, 0.15) is 0 Å². The van der Waals surface area contributed by atoms with Crippen molar-refractivity contribution in [3.05, 3.63) is 35.7 Å². The maximum absolute atomic E-state index is 13.2. The lowest BCUT2D eigenvalue weighted by atomic mass is 10.1. The number of aromatic hydroxyl groups is 2. The normalized spacial score (nSPS) is 10.9. The summed E-state index contributed by atoms with van der Waals surface area (Å²) in [5, 5.41) is 17.7. The SMILES string of the molecule is Oc1cc(F)cc2c(F)c(F)cc(O)c12. The average Bonchev–Trinajstić information content (AvgIpc) is 2.12. The van der Waals surface area contributed by atoms with Crippen LogP contribution in [0.5, 0.6) is 11.5 Å². The maximum Gasteiger partial charge on any atom is 0.167 e. The first-order valence-corrected chi connectivity index (χ1v) is 4.00. The van der Waals surface area contributed by atoms with Crippen LogP contribution in [-0.4, -0.2) is 10.2 Å². The molecule has 0 aliphatic heterocycles. The molecule has 2 nitrogen and oxygen atoms in total. The van der Waals surface area contributed by atoms with Crippen LogP contribution in [0.3, 0.4) is 0 Å². The summed E-state index contributed by atoms with van der Waals surface area (Å²) < 4.78 is 38.8. The van der Waals surface area contributed by atoms with Crippen LogP contribution in [-0.2, 0) is 0 Å². The van der Waals surface area contributed by atoms with Gasteiger partial charge in [-0.3, -0.25) is 0 Å². The first-order chi connectivity index (χ1) is 7.00. The van der Waals surface area contributed by atoms with Gasteiger partial charge in [0.05, 0.1) is 5.39 Å². The third-order valence-corrected chi connectivity index (χ3v) is 2.05. The van der Waals surface area contributed by atoms with Crippen molar-refractivity contribution in [3.8, 4) is 11.5 Å². The minimum atomic E-state index is -1.31. The molecular formula is C10H5F3O2. The van der Waals surface area contributed by atoms with Crippen molar-refractivity contribution in [1.82, 2.24) is 0 Å². The summed E-state index contributed by atoms with van der Waals surface area (Å²) in [5.41, 5.74) is 0. The molecule has 5 heteroatoms. The highest BCUT2D eigenvalue weighted by atomic mass is 19.2. The van der Waals surface area contributed by atoms with Gasteiger partial charge in [-0.1, -0.05) is 0 Å². The van der Waals surface area contributed by atoms with Crippen molar-refractivity contribution >= 4 is 10.8 Å². The standard InChI is InChI=1S/C10H5F3O2/c11-4-1-5-9(7(14)2-4)8(15)3-6(12)10(5)13/h1-3,14-15H. The molecule has 0 bridgehead atoms. The fourth-order valence-electron chi connectivity index (χ4n) is 1.42. The molecular weight excluding hydrogens is 209 g/mol. The zero-order chi connectivity index (χ0) is 11.2. The molecule has 0 spiro atoms. The smallest absolute Gasteiger partial charge is 0.167 e. The van der Waals surface area contributed by atoms with Crippen LogP contribution < -0.4 is 0 Å². The van der Waals surface area contributed by atoms with E-state index >= 15 is 0 Å². The van der Waals surface area contributed by atoms with Crippen molar-refractivity contribution in [2.24, 2.45) is 0 Å². The lowest BCUT2D eigenvalue weighted by molar-refractivity contribution is 0.450. The molecule has 0 aliphatic carbocycles. The number of phenolic OH excluding ortho intramolecular Hbond substituents is 2. The second-order valence-corrected chi connectivity index (χ2v) is 3.04. The third kappa shape index (κ3) is 1.36. The van der Waals surface area contributed by atoms with Crippen molar-refractivity contribution in [2.45, 2.75) is 0 Å². The van der Waals surface area contributed by atoms with E-state index < -0.39 is 34.3 Å². The predicted octanol–water partition coefficient (Wildman–Crippen LogP) is 2.67. The van der Waals surface area contributed by atoms with E-state index in [1.54, 1.807) is 0 Å². The minimum Gasteiger partial charge on any atom is -0.507 e. The summed E-state index contributed by atoms with van der Waals surface area (Å²) in [6.45, 7) is 0. The average molecular weight is 214 g/mol. The van der Waals surface area contributed by atoms with Crippen molar-refractivity contribution in [1.29, 1.82) is 0 Å². The van der Waals surface area contributed by atoms with Gasteiger partial charge in [0.1, 0.15) is 17.3 Å². The van der Waals surface area contributed by atoms with Crippen LogP contribution >= 0.6 is 0 Å². The Morgan fingerprint density at radius 1 is 0.867 bits per heavy atom. The summed E-state index contributed by atoms with van der Waals surface area (Å²) in [5.74, 6) is -4.80. The summed E-state index contributed by atoms with van der Waals surface area (Å²) in [4.78, 5) is 0. The van der Waals surface area contributed by atoms with Gasteiger partial charge in [-0.05, 0) is 6.07 Å². The molecule has 0 heterocycles. The molecule has 2 rings (SSSR count). The Kier molecular flexibility index (Phi) is 1.96. The first kappa shape index (κ1) is 9.64. The summed E-state index contributed by atoms with van der Waals surface area (Å²) in [6.07, 6.45) is 0. The van der Waals surface area contributed by atoms with Crippen molar-refractivity contribution in [2.75, 3.05) is 0 Å². The van der Waals surface area contributed by atoms with E-state index in [1.165, 1.54) is 0 Å². The van der Waals surface area contributed by atoms with Crippen LogP contribution in [0.2, 0.25) is 0 Å². The van der Waals surface area contributed by atoms with Gasteiger partial charge in [0, 0.05) is 17.5 Å². The van der Waals surface area contributed by atoms with Gasteiger partial charge in [0.25, 0.3) is 0 Å². The quantitative estimate of drug-likeness (QED) is 0.707. The lowest BCUT2D eigenvalue weighted by Crippen LogP contribution is -1.89. The van der Waals surface area contributed by atoms with Gasteiger partial charge in [0.15, 0.2) is 11.6 Å². The zero-order valence-electron chi connectivity index (χ0n) is 7.26. The number of hydrogen-bond donors (Lipinski definition) is 2. The van der Waals surface area contributed by atoms with Crippen molar-refractivity contribution in [3.63, 3.8) is 0 Å². The predicted molar refractivity (Wildman–Crippen MR) is 47.2 cm³/mol. The minimum absolute atomic E-state index is 0.310. The number of hydrogen-bond acceptors (Lipinski definition) is 2. The third-order valence-electron chi connectivity index (χ3n) is 2.05. The highest BCUT2D eigenvalue weighted by molar-refractivity contribution is 5.93. The lowest BCUT2D eigenvalue weighted by Gasteiger charge is -2.05. The molecule has 2 aromatic carbocycles. The summed E-state index contributed by atoms with van der Waals surface area (Å²) in [7, 11) is 0. The molecule has 0 atom stereocenters. The Morgan fingerprint density at radius 3 is 2.13 bits per heavy atom. The van der Waals surface area contributed by atoms with E-state index in [2.05, 4.69) is 0 Å². The highest BCUT2D eigenvalue weighted by Crippen LogP contribution is 2.36. The molecule has 0 saturated heterocycles. The van der Waals surface area contributed by atoms with Gasteiger partial charge in [-0.25, -0.2) is 13.2 Å². The topological polar surface area (TPSA) is 40.5 Å². The number of fused-ring (bicyclic) bond motifs is 1. The molecule has 0 saturated carbocycles. The number of benzene rings is 2. The zero-order valence-corrected chi connectivity index (χ0v) is 7.26. The summed E-state index contributed by atoms with van der Waals surface area (Å²) >= 11 is 0. The Balaban J connectivity index is 3.02. The van der Waals surface area contributed by atoms with E-state index in [4.69, 9.17) is 0 Å². The van der Waals surface area contributed by atoms with Crippen LogP contribution in [0.4, 0.5) is 13.2 Å². The monoisotopic (exact) mass is 214 g/mol. The highest BCUT2D eigenvalue weighted by Gasteiger charge is 2.15. The molecule has 15 heavy (non-hydrogen) atoms. The molecule has 2 N–H and O–H groups in total. The van der Waals surface area contributed by atoms with Crippen molar-refractivity contribution < 1.29 is 23.4 Å². The molecule has 0 unspecified atom stereocenters. The van der Waals surface area contributed by atoms with E-state index in [-0.39, 0.29) is 5.39 Å². The Morgan fingerprint density at radius 2 is 1.47 bits per heavy atom. The van der Waals surface area contributed by atoms with Crippen LogP contribution in [0.15, 0.2) is 18.2 Å². The second-order valence-electron chi connectivity index (χ2n) is 3.04. The summed E-state index contributed by atoms with van der Waals surface area (Å²) in [6, 6.07) is 1.93. The molecule has 0 amide bonds. The Bertz CT molecular complexity index is 544. The molecule has 0 radical (unpaired) electrons. The fraction of sp³-hybridized carbons (Fsp3) is 0. The van der Waals surface area contributed by atoms with Gasteiger partial charge in [0.2, 0.25) is 0 Å². The Hall–Kier alpha value is -1.91. The fourth-order valence-corrected chi connectivity index (χ4v) is 1.42. The largest absolute Gasteiger partial charge is 0.507 e. The number of phenols is 2. The van der Waals surface area contributed by atoms with Gasteiger partial charge in [-0.15, -0.1) is 0 Å². The van der Waals surface area contributed by atoms with E-state index in [0.29, 0.717) is 18.2 Å². The molecule has 0 fully saturated rings. The number of rotatable bonds is 0. The van der Waals surface area contributed by atoms with Gasteiger partial charge >= 0.3 is 0 Å². The van der Waals surface area contributed by atoms with E-state index in [9.17, 15) is 23.4 Å². The van der Waals surface area contributed by atoms with E-state index in [0.717, 1.165) is 0 Å². The van der Waals surface area contributed by atoms with Crippen LogP contribution in [0.25, 0.3) is 10.8 Å². The maximum atomic E-state index is 13.2. The second kappa shape index (κ2) is 3.05. The van der Waals surface area contributed by atoms with E-state index in [1.807, 2.05) is 0 Å². The van der Waals surface area contributed by atoms with Gasteiger partial charge in [-0.2, -0.15) is 0 Å². The first-order valence-electron chi connectivity index (χ1n) is 4.00. The molecule has 78 valence electrons. The van der Waals surface area contributed by atoms with Gasteiger partial charge < -0.3 is 10.2 Å². The molecule has 0 aromatic heterocycles.